The van der Waals surface area contributed by atoms with Crippen LogP contribution in [0.1, 0.15) is 17.9 Å². The molecule has 1 saturated carbocycles. The van der Waals surface area contributed by atoms with Crippen LogP contribution in [-0.2, 0) is 7.05 Å². The maximum absolute atomic E-state index is 5.69. The average molecular weight is 274 g/mol. The number of nitrogens with zero attached hydrogens (tertiary/aromatic N) is 2. The highest BCUT2D eigenvalue weighted by Crippen LogP contribution is 2.48. The van der Waals surface area contributed by atoms with Crippen molar-refractivity contribution in [3.63, 3.8) is 0 Å². The average Bonchev–Trinajstić information content (AvgIpc) is 2.91. The molecule has 3 rings (SSSR count). The van der Waals surface area contributed by atoms with E-state index in [-0.39, 0.29) is 24.8 Å². The summed E-state index contributed by atoms with van der Waals surface area (Å²) >= 11 is 0. The second-order valence-electron chi connectivity index (χ2n) is 4.42. The summed E-state index contributed by atoms with van der Waals surface area (Å²) in [7, 11) is 1.97. The normalized spacial score (nSPS) is 21.8. The Morgan fingerprint density at radius 1 is 1.41 bits per heavy atom. The third kappa shape index (κ3) is 2.41. The summed E-state index contributed by atoms with van der Waals surface area (Å²) in [6, 6.07) is 6.37. The first kappa shape index (κ1) is 14.3. The smallest absolute Gasteiger partial charge is 0.0926 e. The van der Waals surface area contributed by atoms with Crippen molar-refractivity contribution in [3.8, 4) is 0 Å². The molecule has 0 radical (unpaired) electrons. The first-order valence-corrected chi connectivity index (χ1v) is 5.42. The molecule has 0 spiro atoms. The van der Waals surface area contributed by atoms with E-state index in [0.717, 1.165) is 12.1 Å². The second kappa shape index (κ2) is 5.25. The number of aromatic nitrogens is 2. The molecule has 0 aliphatic heterocycles. The summed E-state index contributed by atoms with van der Waals surface area (Å²) in [5, 5.41) is 5.71. The Labute approximate surface area is 113 Å². The molecule has 0 unspecified atom stereocenters. The SMILES string of the molecule is Cl.Cl.Cn1cc2c([C@@H]3C[C@H]3CN)cccc2n1. The molecule has 1 aliphatic carbocycles. The highest BCUT2D eigenvalue weighted by Gasteiger charge is 2.37. The van der Waals surface area contributed by atoms with Crippen molar-refractivity contribution in [2.45, 2.75) is 12.3 Å². The molecule has 0 bridgehead atoms. The largest absolute Gasteiger partial charge is 0.330 e. The van der Waals surface area contributed by atoms with E-state index in [4.69, 9.17) is 5.73 Å². The molecule has 1 aromatic heterocycles. The number of halogens is 2. The molecule has 1 heterocycles. The number of benzene rings is 1. The first-order chi connectivity index (χ1) is 7.29. The van der Waals surface area contributed by atoms with Gasteiger partial charge < -0.3 is 5.73 Å². The summed E-state index contributed by atoms with van der Waals surface area (Å²) in [6.07, 6.45) is 3.35. The van der Waals surface area contributed by atoms with Gasteiger partial charge in [-0.2, -0.15) is 5.10 Å². The van der Waals surface area contributed by atoms with Gasteiger partial charge in [-0.1, -0.05) is 12.1 Å². The summed E-state index contributed by atoms with van der Waals surface area (Å²) in [6.45, 7) is 0.807. The van der Waals surface area contributed by atoms with Crippen molar-refractivity contribution >= 4 is 35.7 Å². The van der Waals surface area contributed by atoms with Crippen LogP contribution in [0.25, 0.3) is 10.9 Å². The van der Waals surface area contributed by atoms with Gasteiger partial charge in [0.1, 0.15) is 0 Å². The Bertz CT molecular complexity index is 509. The van der Waals surface area contributed by atoms with Crippen LogP contribution in [0, 0.1) is 5.92 Å². The fourth-order valence-electron chi connectivity index (χ4n) is 2.40. The van der Waals surface area contributed by atoms with E-state index in [1.165, 1.54) is 17.4 Å². The van der Waals surface area contributed by atoms with Gasteiger partial charge in [0.2, 0.25) is 0 Å². The van der Waals surface area contributed by atoms with Crippen molar-refractivity contribution < 1.29 is 0 Å². The highest BCUT2D eigenvalue weighted by atomic mass is 35.5. The van der Waals surface area contributed by atoms with Gasteiger partial charge in [-0.05, 0) is 36.4 Å². The lowest BCUT2D eigenvalue weighted by molar-refractivity contribution is 0.779. The van der Waals surface area contributed by atoms with E-state index in [1.807, 2.05) is 11.7 Å². The van der Waals surface area contributed by atoms with E-state index in [0.29, 0.717) is 11.8 Å². The lowest BCUT2D eigenvalue weighted by Gasteiger charge is -2.00. The molecule has 0 saturated heterocycles. The van der Waals surface area contributed by atoms with Gasteiger partial charge in [0.15, 0.2) is 0 Å². The Morgan fingerprint density at radius 2 is 2.18 bits per heavy atom. The fraction of sp³-hybridized carbons (Fsp3) is 0.417. The fourth-order valence-corrected chi connectivity index (χ4v) is 2.40. The van der Waals surface area contributed by atoms with Crippen molar-refractivity contribution in [1.82, 2.24) is 9.78 Å². The van der Waals surface area contributed by atoms with Gasteiger partial charge >= 0.3 is 0 Å². The molecule has 94 valence electrons. The van der Waals surface area contributed by atoms with Crippen molar-refractivity contribution in [1.29, 1.82) is 0 Å². The van der Waals surface area contributed by atoms with Gasteiger partial charge in [-0.25, -0.2) is 0 Å². The second-order valence-corrected chi connectivity index (χ2v) is 4.42. The topological polar surface area (TPSA) is 43.8 Å². The van der Waals surface area contributed by atoms with E-state index in [1.54, 1.807) is 0 Å². The zero-order valence-corrected chi connectivity index (χ0v) is 11.3. The molecule has 2 atom stereocenters. The number of aryl methyl sites for hydroxylation is 1. The van der Waals surface area contributed by atoms with Gasteiger partial charge in [-0.15, -0.1) is 24.8 Å². The van der Waals surface area contributed by atoms with E-state index >= 15 is 0 Å². The third-order valence-electron chi connectivity index (χ3n) is 3.32. The minimum absolute atomic E-state index is 0. The molecule has 1 fully saturated rings. The molecular weight excluding hydrogens is 257 g/mol. The number of nitrogens with two attached hydrogens (primary N) is 1. The van der Waals surface area contributed by atoms with Gasteiger partial charge in [0.05, 0.1) is 5.52 Å². The quantitative estimate of drug-likeness (QED) is 0.914. The predicted molar refractivity (Wildman–Crippen MR) is 75.1 cm³/mol. The van der Waals surface area contributed by atoms with Crippen LogP contribution in [-0.4, -0.2) is 16.3 Å². The van der Waals surface area contributed by atoms with Gasteiger partial charge in [-0.3, -0.25) is 4.68 Å². The number of hydrogen-bond donors (Lipinski definition) is 1. The molecule has 0 amide bonds. The van der Waals surface area contributed by atoms with Crippen LogP contribution in [0.4, 0.5) is 0 Å². The van der Waals surface area contributed by atoms with E-state index < -0.39 is 0 Å². The molecular formula is C12H17Cl2N3. The number of rotatable bonds is 2. The van der Waals surface area contributed by atoms with E-state index in [9.17, 15) is 0 Å². The first-order valence-electron chi connectivity index (χ1n) is 5.42. The Kier molecular flexibility index (Phi) is 4.42. The standard InChI is InChI=1S/C12H15N3.2ClH/c1-15-7-11-9(10-5-8(10)6-13)3-2-4-12(11)14-15;;/h2-4,7-8,10H,5-6,13H2,1H3;2*1H/t8-,10+;;/m0../s1. The summed E-state index contributed by atoms with van der Waals surface area (Å²) < 4.78 is 1.88. The predicted octanol–water partition coefficient (Wildman–Crippen LogP) is 2.48. The Hall–Kier alpha value is -0.770. The van der Waals surface area contributed by atoms with Crippen LogP contribution >= 0.6 is 24.8 Å². The molecule has 3 nitrogen and oxygen atoms in total. The lowest BCUT2D eigenvalue weighted by Crippen LogP contribution is -2.01. The van der Waals surface area contributed by atoms with Crippen LogP contribution in [0.2, 0.25) is 0 Å². The van der Waals surface area contributed by atoms with Crippen LogP contribution in [0.5, 0.6) is 0 Å². The summed E-state index contributed by atoms with van der Waals surface area (Å²) in [5.41, 5.74) is 8.21. The highest BCUT2D eigenvalue weighted by molar-refractivity contribution is 5.85. The minimum Gasteiger partial charge on any atom is -0.330 e. The van der Waals surface area contributed by atoms with Crippen molar-refractivity contribution in [2.75, 3.05) is 6.54 Å². The zero-order chi connectivity index (χ0) is 10.4. The number of fused-ring (bicyclic) bond motifs is 1. The molecule has 2 N–H and O–H groups in total. The Morgan fingerprint density at radius 3 is 2.82 bits per heavy atom. The summed E-state index contributed by atoms with van der Waals surface area (Å²) in [4.78, 5) is 0. The minimum atomic E-state index is 0. The van der Waals surface area contributed by atoms with Crippen LogP contribution < -0.4 is 5.73 Å². The molecule has 1 aliphatic rings. The van der Waals surface area contributed by atoms with E-state index in [2.05, 4.69) is 29.5 Å². The van der Waals surface area contributed by atoms with Crippen LogP contribution in [0.3, 0.4) is 0 Å². The Balaban J connectivity index is 0.000000722. The van der Waals surface area contributed by atoms with Gasteiger partial charge in [0, 0.05) is 18.6 Å². The zero-order valence-electron chi connectivity index (χ0n) is 9.67. The molecule has 1 aromatic carbocycles. The third-order valence-corrected chi connectivity index (χ3v) is 3.32. The number of hydrogen-bond acceptors (Lipinski definition) is 2. The molecule has 2 aromatic rings. The van der Waals surface area contributed by atoms with Gasteiger partial charge in [0.25, 0.3) is 0 Å². The maximum Gasteiger partial charge on any atom is 0.0926 e. The van der Waals surface area contributed by atoms with Crippen molar-refractivity contribution in [3.05, 3.63) is 30.0 Å². The van der Waals surface area contributed by atoms with Crippen LogP contribution in [0.15, 0.2) is 24.4 Å². The lowest BCUT2D eigenvalue weighted by atomic mass is 10.0. The van der Waals surface area contributed by atoms with Crippen molar-refractivity contribution in [2.24, 2.45) is 18.7 Å². The monoisotopic (exact) mass is 273 g/mol. The maximum atomic E-state index is 5.69. The molecule has 5 heteroatoms. The summed E-state index contributed by atoms with van der Waals surface area (Å²) in [5.74, 6) is 1.36. The molecule has 17 heavy (non-hydrogen) atoms.